The van der Waals surface area contributed by atoms with Crippen molar-refractivity contribution in [1.29, 1.82) is 0 Å². The molecular formula is C76H140O6. The van der Waals surface area contributed by atoms with E-state index in [0.29, 0.717) is 19.3 Å². The first-order chi connectivity index (χ1) is 40.5. The van der Waals surface area contributed by atoms with Gasteiger partial charge >= 0.3 is 17.9 Å². The third-order valence-electron chi connectivity index (χ3n) is 16.6. The number of allylic oxidation sites excluding steroid dienone is 8. The number of rotatable bonds is 68. The lowest BCUT2D eigenvalue weighted by Crippen LogP contribution is -2.30. The van der Waals surface area contributed by atoms with Crippen LogP contribution in [0.2, 0.25) is 0 Å². The van der Waals surface area contributed by atoms with E-state index >= 15 is 0 Å². The topological polar surface area (TPSA) is 78.9 Å². The van der Waals surface area contributed by atoms with Gasteiger partial charge in [-0.3, -0.25) is 14.4 Å². The Bertz CT molecular complexity index is 1410. The highest BCUT2D eigenvalue weighted by Gasteiger charge is 2.19. The molecule has 0 radical (unpaired) electrons. The minimum absolute atomic E-state index is 0.0720. The molecule has 0 amide bonds. The number of esters is 3. The summed E-state index contributed by atoms with van der Waals surface area (Å²) in [7, 11) is 0. The molecule has 0 spiro atoms. The smallest absolute Gasteiger partial charge is 0.306 e. The predicted octanol–water partition coefficient (Wildman–Crippen LogP) is 25.3. The molecule has 0 bridgehead atoms. The van der Waals surface area contributed by atoms with E-state index in [4.69, 9.17) is 14.2 Å². The maximum absolute atomic E-state index is 12.9. The summed E-state index contributed by atoms with van der Waals surface area (Å²) in [6.07, 6.45) is 90.1. The van der Waals surface area contributed by atoms with Crippen molar-refractivity contribution < 1.29 is 28.6 Å². The van der Waals surface area contributed by atoms with Crippen molar-refractivity contribution in [3.8, 4) is 0 Å². The van der Waals surface area contributed by atoms with Crippen LogP contribution < -0.4 is 0 Å². The van der Waals surface area contributed by atoms with Crippen molar-refractivity contribution in [2.45, 2.75) is 406 Å². The molecule has 0 aromatic rings. The quantitative estimate of drug-likeness (QED) is 0.0261. The van der Waals surface area contributed by atoms with Gasteiger partial charge in [-0.05, 0) is 77.0 Å². The van der Waals surface area contributed by atoms with Crippen LogP contribution in [0.1, 0.15) is 400 Å². The normalized spacial score (nSPS) is 12.3. The van der Waals surface area contributed by atoms with E-state index in [0.717, 1.165) is 83.5 Å². The zero-order chi connectivity index (χ0) is 59.2. The molecule has 0 aromatic carbocycles. The van der Waals surface area contributed by atoms with Gasteiger partial charge in [0.25, 0.3) is 0 Å². The summed E-state index contributed by atoms with van der Waals surface area (Å²) in [6.45, 7) is 6.65. The Kier molecular flexibility index (Phi) is 68.6. The van der Waals surface area contributed by atoms with Gasteiger partial charge in [0.05, 0.1) is 0 Å². The van der Waals surface area contributed by atoms with Gasteiger partial charge < -0.3 is 14.2 Å². The van der Waals surface area contributed by atoms with Crippen molar-refractivity contribution in [2.75, 3.05) is 13.2 Å². The van der Waals surface area contributed by atoms with Gasteiger partial charge in [-0.2, -0.15) is 0 Å². The maximum atomic E-state index is 12.9. The standard InChI is InChI=1S/C76H140O6/c1-4-7-10-13-16-19-22-25-28-30-32-33-34-35-36-37-38-39-40-41-42-43-45-46-48-51-54-57-60-63-66-69-75(78)81-72-73(71-80-74(77)68-65-62-59-56-53-50-27-24-21-18-15-12-9-6-3)82-76(79)70-67-64-61-58-55-52-49-47-44-31-29-26-23-20-17-14-11-8-5-2/h15,18,22,24-25,27,30,32,73H,4-14,16-17,19-21,23,26,28-29,31,33-72H2,1-3H3/b18-15-,25-22-,27-24-,32-30-. The lowest BCUT2D eigenvalue weighted by molar-refractivity contribution is -0.167. The Morgan fingerprint density at radius 3 is 0.707 bits per heavy atom. The van der Waals surface area contributed by atoms with Gasteiger partial charge in [0.2, 0.25) is 0 Å². The number of carbonyl (C=O) groups is 3. The highest BCUT2D eigenvalue weighted by atomic mass is 16.6. The van der Waals surface area contributed by atoms with Crippen molar-refractivity contribution in [2.24, 2.45) is 0 Å². The summed E-state index contributed by atoms with van der Waals surface area (Å²) < 4.78 is 17.0. The largest absolute Gasteiger partial charge is 0.462 e. The minimum Gasteiger partial charge on any atom is -0.462 e. The third kappa shape index (κ3) is 68.2. The van der Waals surface area contributed by atoms with Gasteiger partial charge in [0.1, 0.15) is 13.2 Å². The lowest BCUT2D eigenvalue weighted by Gasteiger charge is -2.18. The summed E-state index contributed by atoms with van der Waals surface area (Å²) in [5.41, 5.74) is 0. The van der Waals surface area contributed by atoms with Crippen molar-refractivity contribution in [3.05, 3.63) is 48.6 Å². The first-order valence-corrected chi connectivity index (χ1v) is 36.6. The SMILES string of the molecule is CCCC/C=C\C/C=C\CCCCCCCC(=O)OCC(COC(=O)CCCCCCCCCCCCCCCCCCCCC/C=C\C/C=C\CCCCCCC)OC(=O)CCCCCCCCCCCCCCCCCCCCC. The molecular weight excluding hydrogens is 1010 g/mol. The average molecular weight is 1150 g/mol. The first kappa shape index (κ1) is 79.4. The number of ether oxygens (including phenoxy) is 3. The average Bonchev–Trinajstić information content (AvgIpc) is 3.47. The van der Waals surface area contributed by atoms with Gasteiger partial charge in [-0.25, -0.2) is 0 Å². The monoisotopic (exact) mass is 1150 g/mol. The second-order valence-corrected chi connectivity index (χ2v) is 24.9. The second-order valence-electron chi connectivity index (χ2n) is 24.9. The Morgan fingerprint density at radius 2 is 0.451 bits per heavy atom. The second kappa shape index (κ2) is 70.9. The number of hydrogen-bond acceptors (Lipinski definition) is 6. The molecule has 0 aromatic heterocycles. The molecule has 0 saturated heterocycles. The Balaban J connectivity index is 4.18. The van der Waals surface area contributed by atoms with E-state index in [1.807, 2.05) is 0 Å². The van der Waals surface area contributed by atoms with E-state index in [9.17, 15) is 14.4 Å². The molecule has 6 heteroatoms. The van der Waals surface area contributed by atoms with E-state index < -0.39 is 6.10 Å². The highest BCUT2D eigenvalue weighted by Crippen LogP contribution is 2.19. The molecule has 0 saturated carbocycles. The molecule has 0 heterocycles. The summed E-state index contributed by atoms with van der Waals surface area (Å²) in [4.78, 5) is 38.4. The molecule has 480 valence electrons. The number of hydrogen-bond donors (Lipinski definition) is 0. The number of unbranched alkanes of at least 4 members (excludes halogenated alkanes) is 49. The van der Waals surface area contributed by atoms with Gasteiger partial charge in [-0.15, -0.1) is 0 Å². The molecule has 0 N–H and O–H groups in total. The van der Waals surface area contributed by atoms with Crippen molar-refractivity contribution in [1.82, 2.24) is 0 Å². The summed E-state index contributed by atoms with van der Waals surface area (Å²) in [6, 6.07) is 0. The molecule has 6 nitrogen and oxygen atoms in total. The predicted molar refractivity (Wildman–Crippen MR) is 358 cm³/mol. The van der Waals surface area contributed by atoms with E-state index in [-0.39, 0.29) is 31.1 Å². The Labute approximate surface area is 511 Å². The van der Waals surface area contributed by atoms with Crippen LogP contribution in [-0.4, -0.2) is 37.2 Å². The van der Waals surface area contributed by atoms with Crippen LogP contribution in [0.4, 0.5) is 0 Å². The van der Waals surface area contributed by atoms with Crippen LogP contribution in [0.3, 0.4) is 0 Å². The fraction of sp³-hybridized carbons (Fsp3) is 0.855. The third-order valence-corrected chi connectivity index (χ3v) is 16.6. The molecule has 1 atom stereocenters. The van der Waals surface area contributed by atoms with Crippen LogP contribution in [0.15, 0.2) is 48.6 Å². The molecule has 0 aliphatic carbocycles. The molecule has 0 fully saturated rings. The lowest BCUT2D eigenvalue weighted by atomic mass is 10.0. The number of carbonyl (C=O) groups excluding carboxylic acids is 3. The molecule has 82 heavy (non-hydrogen) atoms. The first-order valence-electron chi connectivity index (χ1n) is 36.6. The molecule has 0 rings (SSSR count). The Morgan fingerprint density at radius 1 is 0.244 bits per heavy atom. The van der Waals surface area contributed by atoms with Gasteiger partial charge in [0.15, 0.2) is 6.10 Å². The van der Waals surface area contributed by atoms with E-state index in [1.165, 1.54) is 276 Å². The summed E-state index contributed by atoms with van der Waals surface area (Å²) in [5.74, 6) is -0.857. The van der Waals surface area contributed by atoms with Crippen LogP contribution in [0.5, 0.6) is 0 Å². The van der Waals surface area contributed by atoms with Crippen LogP contribution in [0.25, 0.3) is 0 Å². The summed E-state index contributed by atoms with van der Waals surface area (Å²) in [5, 5.41) is 0. The fourth-order valence-corrected chi connectivity index (χ4v) is 11.0. The highest BCUT2D eigenvalue weighted by molar-refractivity contribution is 5.71. The zero-order valence-corrected chi connectivity index (χ0v) is 55.3. The maximum Gasteiger partial charge on any atom is 0.306 e. The van der Waals surface area contributed by atoms with Crippen LogP contribution in [0, 0.1) is 0 Å². The van der Waals surface area contributed by atoms with Crippen LogP contribution >= 0.6 is 0 Å². The van der Waals surface area contributed by atoms with Crippen molar-refractivity contribution in [3.63, 3.8) is 0 Å². The summed E-state index contributed by atoms with van der Waals surface area (Å²) >= 11 is 0. The molecule has 0 aliphatic rings. The van der Waals surface area contributed by atoms with Crippen LogP contribution in [-0.2, 0) is 28.6 Å². The zero-order valence-electron chi connectivity index (χ0n) is 55.3. The Hall–Kier alpha value is -2.63. The molecule has 0 aliphatic heterocycles. The van der Waals surface area contributed by atoms with E-state index in [2.05, 4.69) is 69.4 Å². The van der Waals surface area contributed by atoms with Gasteiger partial charge in [-0.1, -0.05) is 352 Å². The fourth-order valence-electron chi connectivity index (χ4n) is 11.0. The van der Waals surface area contributed by atoms with Crippen molar-refractivity contribution >= 4 is 17.9 Å². The van der Waals surface area contributed by atoms with E-state index in [1.54, 1.807) is 0 Å². The van der Waals surface area contributed by atoms with Gasteiger partial charge in [0, 0.05) is 19.3 Å². The minimum atomic E-state index is -0.777. The molecule has 1 unspecified atom stereocenters.